The third-order valence-corrected chi connectivity index (χ3v) is 3.72. The molecular formula is C18H21FO2. The molecule has 1 N–H and O–H groups in total. The van der Waals surface area contributed by atoms with Gasteiger partial charge in [-0.25, -0.2) is 4.39 Å². The predicted octanol–water partition coefficient (Wildman–Crippen LogP) is 4.04. The summed E-state index contributed by atoms with van der Waals surface area (Å²) in [6.45, 7) is 6.02. The van der Waals surface area contributed by atoms with E-state index in [1.807, 2.05) is 20.8 Å². The number of aliphatic hydroxyl groups excluding tert-OH is 1. The van der Waals surface area contributed by atoms with E-state index < -0.39 is 11.9 Å². The third-order valence-electron chi connectivity index (χ3n) is 3.72. The highest BCUT2D eigenvalue weighted by Gasteiger charge is 2.15. The van der Waals surface area contributed by atoms with Gasteiger partial charge in [0.1, 0.15) is 0 Å². The van der Waals surface area contributed by atoms with Crippen LogP contribution in [0.1, 0.15) is 33.9 Å². The molecule has 0 saturated carbocycles. The molecule has 0 aromatic heterocycles. The van der Waals surface area contributed by atoms with Crippen LogP contribution in [0.15, 0.2) is 30.3 Å². The molecule has 112 valence electrons. The van der Waals surface area contributed by atoms with Crippen LogP contribution in [0.2, 0.25) is 0 Å². The van der Waals surface area contributed by atoms with Gasteiger partial charge in [0, 0.05) is 6.42 Å². The second-order valence-corrected chi connectivity index (χ2v) is 5.50. The van der Waals surface area contributed by atoms with Crippen molar-refractivity contribution in [3.63, 3.8) is 0 Å². The lowest BCUT2D eigenvalue weighted by molar-refractivity contribution is 0.177. The first-order chi connectivity index (χ1) is 9.92. The highest BCUT2D eigenvalue weighted by molar-refractivity contribution is 5.40. The summed E-state index contributed by atoms with van der Waals surface area (Å²) in [6.07, 6.45) is -0.260. The molecule has 0 bridgehead atoms. The number of methoxy groups -OCH3 is 1. The molecule has 0 amide bonds. The maximum Gasteiger partial charge on any atom is 0.165 e. The lowest BCUT2D eigenvalue weighted by Crippen LogP contribution is -2.07. The molecule has 1 unspecified atom stereocenters. The lowest BCUT2D eigenvalue weighted by Gasteiger charge is -2.18. The smallest absolute Gasteiger partial charge is 0.165 e. The fourth-order valence-corrected chi connectivity index (χ4v) is 2.88. The maximum atomic E-state index is 13.7. The molecule has 0 saturated heterocycles. The number of hydrogen-bond donors (Lipinski definition) is 1. The van der Waals surface area contributed by atoms with Crippen molar-refractivity contribution in [3.8, 4) is 5.75 Å². The van der Waals surface area contributed by atoms with Gasteiger partial charge < -0.3 is 9.84 Å². The fraction of sp³-hybridized carbons (Fsp3) is 0.333. The molecule has 0 aliphatic rings. The summed E-state index contributed by atoms with van der Waals surface area (Å²) in [4.78, 5) is 0. The van der Waals surface area contributed by atoms with Gasteiger partial charge in [0.2, 0.25) is 0 Å². The third kappa shape index (κ3) is 3.42. The first-order valence-electron chi connectivity index (χ1n) is 7.00. The average molecular weight is 288 g/mol. The zero-order chi connectivity index (χ0) is 15.6. The molecule has 2 aromatic carbocycles. The van der Waals surface area contributed by atoms with E-state index in [2.05, 4.69) is 12.1 Å². The average Bonchev–Trinajstić information content (AvgIpc) is 2.37. The van der Waals surface area contributed by atoms with E-state index in [4.69, 9.17) is 4.74 Å². The van der Waals surface area contributed by atoms with E-state index in [9.17, 15) is 9.50 Å². The summed E-state index contributed by atoms with van der Waals surface area (Å²) in [7, 11) is 1.44. The first-order valence-corrected chi connectivity index (χ1v) is 7.00. The molecule has 2 aromatic rings. The minimum Gasteiger partial charge on any atom is -0.494 e. The molecule has 21 heavy (non-hydrogen) atoms. The Labute approximate surface area is 125 Å². The monoisotopic (exact) mass is 288 g/mol. The molecule has 3 heteroatoms. The Bertz CT molecular complexity index is 627. The van der Waals surface area contributed by atoms with Gasteiger partial charge in [-0.05, 0) is 55.2 Å². The predicted molar refractivity (Wildman–Crippen MR) is 82.3 cm³/mol. The van der Waals surface area contributed by atoms with Gasteiger partial charge in [0.15, 0.2) is 11.6 Å². The van der Waals surface area contributed by atoms with Crippen molar-refractivity contribution in [2.75, 3.05) is 7.11 Å². The zero-order valence-electron chi connectivity index (χ0n) is 12.9. The van der Waals surface area contributed by atoms with Gasteiger partial charge in [0.25, 0.3) is 0 Å². The van der Waals surface area contributed by atoms with Crippen LogP contribution in [0.4, 0.5) is 4.39 Å². The maximum absolute atomic E-state index is 13.7. The Morgan fingerprint density at radius 2 is 1.71 bits per heavy atom. The molecule has 0 heterocycles. The van der Waals surface area contributed by atoms with Gasteiger partial charge in [-0.2, -0.15) is 0 Å². The van der Waals surface area contributed by atoms with Crippen molar-refractivity contribution in [3.05, 3.63) is 64.0 Å². The van der Waals surface area contributed by atoms with E-state index in [0.29, 0.717) is 6.42 Å². The topological polar surface area (TPSA) is 29.5 Å². The number of benzene rings is 2. The van der Waals surface area contributed by atoms with Crippen molar-refractivity contribution in [1.82, 2.24) is 0 Å². The summed E-state index contributed by atoms with van der Waals surface area (Å²) >= 11 is 0. The van der Waals surface area contributed by atoms with Gasteiger partial charge in [0.05, 0.1) is 13.2 Å². The Morgan fingerprint density at radius 3 is 2.24 bits per heavy atom. The van der Waals surface area contributed by atoms with Crippen LogP contribution in [0, 0.1) is 26.6 Å². The van der Waals surface area contributed by atoms with E-state index in [-0.39, 0.29) is 5.75 Å². The number of rotatable bonds is 4. The second-order valence-electron chi connectivity index (χ2n) is 5.50. The Balaban J connectivity index is 2.26. The number of halogens is 1. The summed E-state index contributed by atoms with van der Waals surface area (Å²) in [5.41, 5.74) is 4.98. The second kappa shape index (κ2) is 6.27. The van der Waals surface area contributed by atoms with Crippen LogP contribution in [-0.4, -0.2) is 12.2 Å². The van der Waals surface area contributed by atoms with Crippen LogP contribution in [0.3, 0.4) is 0 Å². The van der Waals surface area contributed by atoms with Crippen LogP contribution in [0.25, 0.3) is 0 Å². The molecular weight excluding hydrogens is 267 g/mol. The Kier molecular flexibility index (Phi) is 4.63. The minimum atomic E-state index is -0.640. The van der Waals surface area contributed by atoms with Crippen molar-refractivity contribution < 1.29 is 14.2 Å². The molecule has 0 aliphatic carbocycles. The molecule has 1 atom stereocenters. The zero-order valence-corrected chi connectivity index (χ0v) is 12.9. The largest absolute Gasteiger partial charge is 0.494 e. The molecule has 2 nitrogen and oxygen atoms in total. The van der Waals surface area contributed by atoms with Crippen LogP contribution in [0.5, 0.6) is 5.75 Å². The molecule has 0 aliphatic heterocycles. The van der Waals surface area contributed by atoms with Crippen molar-refractivity contribution >= 4 is 0 Å². The van der Waals surface area contributed by atoms with Crippen molar-refractivity contribution in [2.24, 2.45) is 0 Å². The molecule has 0 spiro atoms. The van der Waals surface area contributed by atoms with Gasteiger partial charge in [-0.3, -0.25) is 0 Å². The minimum absolute atomic E-state index is 0.218. The standard InChI is InChI=1S/C18H21FO2/c1-11-7-12(2)18(13(3)8-11)16(20)10-14-5-6-17(21-4)15(19)9-14/h5-9,16,20H,10H2,1-4H3. The summed E-state index contributed by atoms with van der Waals surface area (Å²) in [6, 6.07) is 8.90. The number of ether oxygens (including phenoxy) is 1. The fourth-order valence-electron chi connectivity index (χ4n) is 2.88. The highest BCUT2D eigenvalue weighted by Crippen LogP contribution is 2.27. The lowest BCUT2D eigenvalue weighted by atomic mass is 9.92. The summed E-state index contributed by atoms with van der Waals surface area (Å²) in [5.74, 6) is -0.185. The SMILES string of the molecule is COc1ccc(CC(O)c2c(C)cc(C)cc2C)cc1F. The van der Waals surface area contributed by atoms with Crippen LogP contribution < -0.4 is 4.74 Å². The first kappa shape index (κ1) is 15.5. The van der Waals surface area contributed by atoms with Crippen LogP contribution >= 0.6 is 0 Å². The highest BCUT2D eigenvalue weighted by atomic mass is 19.1. The molecule has 2 rings (SSSR count). The summed E-state index contributed by atoms with van der Waals surface area (Å²) in [5, 5.41) is 10.5. The quantitative estimate of drug-likeness (QED) is 0.920. The van der Waals surface area contributed by atoms with E-state index in [1.165, 1.54) is 18.7 Å². The van der Waals surface area contributed by atoms with Gasteiger partial charge in [-0.15, -0.1) is 0 Å². The van der Waals surface area contributed by atoms with E-state index >= 15 is 0 Å². The van der Waals surface area contributed by atoms with Crippen molar-refractivity contribution in [1.29, 1.82) is 0 Å². The number of aliphatic hydroxyl groups is 1. The van der Waals surface area contributed by atoms with E-state index in [0.717, 1.165) is 22.3 Å². The van der Waals surface area contributed by atoms with E-state index in [1.54, 1.807) is 12.1 Å². The van der Waals surface area contributed by atoms with Gasteiger partial charge in [-0.1, -0.05) is 23.8 Å². The Hall–Kier alpha value is -1.87. The Morgan fingerprint density at radius 1 is 1.10 bits per heavy atom. The normalized spacial score (nSPS) is 12.3. The van der Waals surface area contributed by atoms with Crippen molar-refractivity contribution in [2.45, 2.75) is 33.3 Å². The molecule has 0 radical (unpaired) electrons. The van der Waals surface area contributed by atoms with Gasteiger partial charge >= 0.3 is 0 Å². The molecule has 0 fully saturated rings. The van der Waals surface area contributed by atoms with Crippen LogP contribution in [-0.2, 0) is 6.42 Å². The summed E-state index contributed by atoms with van der Waals surface area (Å²) < 4.78 is 18.6. The number of hydrogen-bond acceptors (Lipinski definition) is 2. The number of aryl methyl sites for hydroxylation is 3.